The van der Waals surface area contributed by atoms with Crippen LogP contribution in [-0.2, 0) is 12.8 Å². The fourth-order valence-corrected chi connectivity index (χ4v) is 1.59. The quantitative estimate of drug-likeness (QED) is 0.754. The third-order valence-corrected chi connectivity index (χ3v) is 2.29. The van der Waals surface area contributed by atoms with Crippen molar-refractivity contribution in [2.45, 2.75) is 12.8 Å². The minimum Gasteiger partial charge on any atom is -0.316 e. The molecule has 0 unspecified atom stereocenters. The zero-order valence-electron chi connectivity index (χ0n) is 8.19. The zero-order chi connectivity index (χ0) is 9.10. The summed E-state index contributed by atoms with van der Waals surface area (Å²) in [7, 11) is 0. The first-order valence-corrected chi connectivity index (χ1v) is 4.50. The largest absolute Gasteiger partial charge is 0.316 e. The van der Waals surface area contributed by atoms with Crippen molar-refractivity contribution in [3.63, 3.8) is 0 Å². The first-order valence-electron chi connectivity index (χ1n) is 4.50. The fourth-order valence-electron chi connectivity index (χ4n) is 1.59. The molecule has 0 spiro atoms. The topological polar surface area (TPSA) is 48.7 Å². The maximum Gasteiger partial charge on any atom is 0.140 e. The van der Waals surface area contributed by atoms with Crippen molar-refractivity contribution in [1.29, 1.82) is 5.26 Å². The minimum absolute atomic E-state index is 0. The predicted octanol–water partition coefficient (Wildman–Crippen LogP) is 1.49. The lowest BCUT2D eigenvalue weighted by Crippen LogP contribution is -2.16. The van der Waals surface area contributed by atoms with Gasteiger partial charge in [-0.1, -0.05) is 6.07 Å². The number of hydrogen-bond acceptors (Lipinski definition) is 3. The lowest BCUT2D eigenvalue weighted by molar-refractivity contribution is 0.708. The van der Waals surface area contributed by atoms with E-state index in [1.807, 2.05) is 6.07 Å². The number of pyridine rings is 1. The van der Waals surface area contributed by atoms with Crippen LogP contribution in [0.15, 0.2) is 12.1 Å². The maximum absolute atomic E-state index is 8.68. The van der Waals surface area contributed by atoms with E-state index >= 15 is 0 Å². The molecule has 2 rings (SSSR count). The first-order chi connectivity index (χ1) is 6.40. The van der Waals surface area contributed by atoms with Crippen LogP contribution in [0.1, 0.15) is 17.0 Å². The van der Waals surface area contributed by atoms with Crippen molar-refractivity contribution in [2.75, 3.05) is 13.1 Å². The molecule has 0 saturated carbocycles. The lowest BCUT2D eigenvalue weighted by Gasteiger charge is -2.02. The van der Waals surface area contributed by atoms with Crippen molar-refractivity contribution in [1.82, 2.24) is 10.3 Å². The maximum atomic E-state index is 8.68. The molecule has 1 aromatic heterocycles. The highest BCUT2D eigenvalue weighted by molar-refractivity contribution is 5.85. The molecular formula is C10H13Cl2N3. The van der Waals surface area contributed by atoms with Gasteiger partial charge in [0.25, 0.3) is 0 Å². The molecular weight excluding hydrogens is 233 g/mol. The second-order valence-electron chi connectivity index (χ2n) is 3.16. The van der Waals surface area contributed by atoms with E-state index < -0.39 is 0 Å². The summed E-state index contributed by atoms with van der Waals surface area (Å²) in [5.74, 6) is 0. The zero-order valence-corrected chi connectivity index (χ0v) is 9.83. The Morgan fingerprint density at radius 2 is 1.93 bits per heavy atom. The Kier molecular flexibility index (Phi) is 6.26. The van der Waals surface area contributed by atoms with E-state index in [9.17, 15) is 0 Å². The fraction of sp³-hybridized carbons (Fsp3) is 0.400. The number of nitrogens with one attached hydrogen (secondary N) is 1. The molecule has 0 amide bonds. The molecule has 1 aromatic rings. The van der Waals surface area contributed by atoms with E-state index in [0.29, 0.717) is 5.69 Å². The molecule has 0 saturated heterocycles. The van der Waals surface area contributed by atoms with Gasteiger partial charge < -0.3 is 5.32 Å². The van der Waals surface area contributed by atoms with E-state index in [4.69, 9.17) is 5.26 Å². The summed E-state index contributed by atoms with van der Waals surface area (Å²) in [6.45, 7) is 1.98. The summed E-state index contributed by atoms with van der Waals surface area (Å²) in [6, 6.07) is 5.88. The van der Waals surface area contributed by atoms with E-state index in [1.54, 1.807) is 6.07 Å². The van der Waals surface area contributed by atoms with Gasteiger partial charge in [0, 0.05) is 18.7 Å². The highest BCUT2D eigenvalue weighted by atomic mass is 35.5. The molecule has 0 aliphatic carbocycles. The van der Waals surface area contributed by atoms with Gasteiger partial charge in [0.1, 0.15) is 11.8 Å². The molecule has 1 N–H and O–H groups in total. The van der Waals surface area contributed by atoms with Crippen LogP contribution in [0.2, 0.25) is 0 Å². The van der Waals surface area contributed by atoms with Crippen LogP contribution in [0, 0.1) is 11.3 Å². The molecule has 3 nitrogen and oxygen atoms in total. The van der Waals surface area contributed by atoms with Crippen LogP contribution < -0.4 is 5.32 Å². The summed E-state index contributed by atoms with van der Waals surface area (Å²) in [5, 5.41) is 12.0. The standard InChI is InChI=1S/C10H11N3.2ClH/c11-7-9-2-1-8-3-5-12-6-4-10(8)13-9;;/h1-2,12H,3-6H2;2*1H. The van der Waals surface area contributed by atoms with Gasteiger partial charge in [0.2, 0.25) is 0 Å². The molecule has 0 aromatic carbocycles. The number of fused-ring (bicyclic) bond motifs is 1. The second-order valence-corrected chi connectivity index (χ2v) is 3.16. The van der Waals surface area contributed by atoms with Crippen LogP contribution in [0.4, 0.5) is 0 Å². The third-order valence-electron chi connectivity index (χ3n) is 2.29. The minimum atomic E-state index is 0. The van der Waals surface area contributed by atoms with E-state index in [-0.39, 0.29) is 24.8 Å². The Bertz CT molecular complexity index is 360. The lowest BCUT2D eigenvalue weighted by atomic mass is 10.1. The number of rotatable bonds is 0. The van der Waals surface area contributed by atoms with Gasteiger partial charge in [0.15, 0.2) is 0 Å². The smallest absolute Gasteiger partial charge is 0.140 e. The molecule has 0 atom stereocenters. The normalized spacial score (nSPS) is 13.5. The average Bonchev–Trinajstić information content (AvgIpc) is 2.41. The predicted molar refractivity (Wildman–Crippen MR) is 63.7 cm³/mol. The van der Waals surface area contributed by atoms with Gasteiger partial charge >= 0.3 is 0 Å². The van der Waals surface area contributed by atoms with E-state index in [2.05, 4.69) is 16.4 Å². The van der Waals surface area contributed by atoms with Gasteiger partial charge in [0.05, 0.1) is 0 Å². The Morgan fingerprint density at radius 3 is 2.67 bits per heavy atom. The summed E-state index contributed by atoms with van der Waals surface area (Å²) >= 11 is 0. The summed E-state index contributed by atoms with van der Waals surface area (Å²) in [5.41, 5.74) is 2.90. The molecule has 0 fully saturated rings. The Balaban J connectivity index is 0.000000980. The van der Waals surface area contributed by atoms with Crippen molar-refractivity contribution in [3.8, 4) is 6.07 Å². The van der Waals surface area contributed by atoms with Gasteiger partial charge in [-0.2, -0.15) is 5.26 Å². The van der Waals surface area contributed by atoms with Gasteiger partial charge in [-0.15, -0.1) is 24.8 Å². The summed E-state index contributed by atoms with van der Waals surface area (Å²) < 4.78 is 0. The Morgan fingerprint density at radius 1 is 1.20 bits per heavy atom. The number of nitrogens with zero attached hydrogens (tertiary/aromatic N) is 2. The molecule has 0 radical (unpaired) electrons. The van der Waals surface area contributed by atoms with Crippen molar-refractivity contribution in [2.24, 2.45) is 0 Å². The Labute approximate surface area is 102 Å². The molecule has 2 heterocycles. The van der Waals surface area contributed by atoms with Gasteiger partial charge in [-0.25, -0.2) is 4.98 Å². The van der Waals surface area contributed by atoms with Crippen molar-refractivity contribution in [3.05, 3.63) is 29.1 Å². The number of halogens is 2. The monoisotopic (exact) mass is 245 g/mol. The molecule has 5 heteroatoms. The van der Waals surface area contributed by atoms with E-state index in [0.717, 1.165) is 31.6 Å². The van der Waals surface area contributed by atoms with Gasteiger partial charge in [-0.3, -0.25) is 0 Å². The highest BCUT2D eigenvalue weighted by Crippen LogP contribution is 2.10. The number of hydrogen-bond donors (Lipinski definition) is 1. The Hall–Kier alpha value is -0.820. The summed E-state index contributed by atoms with van der Waals surface area (Å²) in [6.07, 6.45) is 1.96. The number of aromatic nitrogens is 1. The number of nitriles is 1. The van der Waals surface area contributed by atoms with Crippen LogP contribution in [0.3, 0.4) is 0 Å². The molecule has 15 heavy (non-hydrogen) atoms. The SMILES string of the molecule is Cl.Cl.N#Cc1ccc2c(n1)CCNCC2. The highest BCUT2D eigenvalue weighted by Gasteiger charge is 2.08. The van der Waals surface area contributed by atoms with Crippen LogP contribution >= 0.6 is 24.8 Å². The summed E-state index contributed by atoms with van der Waals surface area (Å²) in [4.78, 5) is 4.29. The third kappa shape index (κ3) is 3.35. The molecule has 1 aliphatic heterocycles. The molecule has 82 valence electrons. The molecule has 1 aliphatic rings. The van der Waals surface area contributed by atoms with E-state index in [1.165, 1.54) is 5.56 Å². The molecule has 0 bridgehead atoms. The van der Waals surface area contributed by atoms with Crippen molar-refractivity contribution < 1.29 is 0 Å². The van der Waals surface area contributed by atoms with Crippen LogP contribution in [-0.4, -0.2) is 18.1 Å². The second kappa shape index (κ2) is 6.62. The van der Waals surface area contributed by atoms with Crippen molar-refractivity contribution >= 4 is 24.8 Å². The van der Waals surface area contributed by atoms with Crippen LogP contribution in [0.25, 0.3) is 0 Å². The average molecular weight is 246 g/mol. The van der Waals surface area contributed by atoms with Crippen LogP contribution in [0.5, 0.6) is 0 Å². The first kappa shape index (κ1) is 14.2. The van der Waals surface area contributed by atoms with Gasteiger partial charge in [-0.05, 0) is 24.6 Å².